The molecule has 1 aromatic carbocycles. The van der Waals surface area contributed by atoms with Crippen molar-refractivity contribution >= 4 is 17.5 Å². The molecule has 0 radical (unpaired) electrons. The SMILES string of the molecule is Cc1cccc(-n2ccnc2S[C@H]2CCCCC2=O)c1C. The van der Waals surface area contributed by atoms with Crippen LogP contribution in [0.3, 0.4) is 0 Å². The molecule has 110 valence electrons. The number of hydrogen-bond acceptors (Lipinski definition) is 3. The van der Waals surface area contributed by atoms with Gasteiger partial charge in [-0.1, -0.05) is 30.3 Å². The van der Waals surface area contributed by atoms with E-state index in [-0.39, 0.29) is 5.25 Å². The summed E-state index contributed by atoms with van der Waals surface area (Å²) in [7, 11) is 0. The summed E-state index contributed by atoms with van der Waals surface area (Å²) in [6.07, 6.45) is 7.69. The highest BCUT2D eigenvalue weighted by atomic mass is 32.2. The van der Waals surface area contributed by atoms with Crippen LogP contribution < -0.4 is 0 Å². The highest BCUT2D eigenvalue weighted by Gasteiger charge is 2.25. The number of nitrogens with zero attached hydrogens (tertiary/aromatic N) is 2. The van der Waals surface area contributed by atoms with Crippen molar-refractivity contribution in [2.24, 2.45) is 0 Å². The maximum Gasteiger partial charge on any atom is 0.173 e. The molecule has 0 amide bonds. The lowest BCUT2D eigenvalue weighted by Gasteiger charge is -2.20. The first-order valence-corrected chi connectivity index (χ1v) is 8.34. The summed E-state index contributed by atoms with van der Waals surface area (Å²) < 4.78 is 2.11. The number of aryl methyl sites for hydroxylation is 1. The van der Waals surface area contributed by atoms with Crippen LogP contribution in [0, 0.1) is 13.8 Å². The molecule has 3 rings (SSSR count). The van der Waals surface area contributed by atoms with Gasteiger partial charge in [-0.15, -0.1) is 0 Å². The molecule has 1 aliphatic carbocycles. The number of hydrogen-bond donors (Lipinski definition) is 0. The molecular formula is C17H20N2OS. The van der Waals surface area contributed by atoms with Gasteiger partial charge in [0.1, 0.15) is 5.78 Å². The van der Waals surface area contributed by atoms with E-state index in [0.29, 0.717) is 5.78 Å². The summed E-state index contributed by atoms with van der Waals surface area (Å²) in [6.45, 7) is 4.25. The van der Waals surface area contributed by atoms with Gasteiger partial charge in [0.2, 0.25) is 0 Å². The molecule has 0 saturated heterocycles. The second-order valence-corrected chi connectivity index (χ2v) is 6.79. The van der Waals surface area contributed by atoms with E-state index in [0.717, 1.165) is 36.5 Å². The Bertz CT molecular complexity index is 663. The van der Waals surface area contributed by atoms with Gasteiger partial charge in [-0.2, -0.15) is 0 Å². The normalized spacial score (nSPS) is 19.0. The summed E-state index contributed by atoms with van der Waals surface area (Å²) in [6, 6.07) is 6.29. The van der Waals surface area contributed by atoms with Gasteiger partial charge in [0, 0.05) is 18.8 Å². The Morgan fingerprint density at radius 3 is 2.95 bits per heavy atom. The van der Waals surface area contributed by atoms with E-state index < -0.39 is 0 Å². The van der Waals surface area contributed by atoms with Gasteiger partial charge < -0.3 is 0 Å². The zero-order valence-electron chi connectivity index (χ0n) is 12.5. The lowest BCUT2D eigenvalue weighted by atomic mass is 9.99. The number of thioether (sulfide) groups is 1. The Kier molecular flexibility index (Phi) is 4.15. The Morgan fingerprint density at radius 2 is 2.14 bits per heavy atom. The Morgan fingerprint density at radius 1 is 1.29 bits per heavy atom. The van der Waals surface area contributed by atoms with Crippen molar-refractivity contribution in [3.05, 3.63) is 41.7 Å². The molecule has 0 bridgehead atoms. The van der Waals surface area contributed by atoms with E-state index in [1.807, 2.05) is 12.4 Å². The fraction of sp³-hybridized carbons (Fsp3) is 0.412. The van der Waals surface area contributed by atoms with E-state index in [4.69, 9.17) is 0 Å². The zero-order chi connectivity index (χ0) is 14.8. The first kappa shape index (κ1) is 14.4. The monoisotopic (exact) mass is 300 g/mol. The molecule has 1 aliphatic rings. The molecule has 2 aromatic rings. The third kappa shape index (κ3) is 2.91. The fourth-order valence-corrected chi connectivity index (χ4v) is 3.94. The quantitative estimate of drug-likeness (QED) is 0.856. The van der Waals surface area contributed by atoms with Crippen molar-refractivity contribution in [3.8, 4) is 5.69 Å². The summed E-state index contributed by atoms with van der Waals surface area (Å²) >= 11 is 1.62. The van der Waals surface area contributed by atoms with E-state index in [9.17, 15) is 4.79 Å². The highest BCUT2D eigenvalue weighted by Crippen LogP contribution is 2.32. The van der Waals surface area contributed by atoms with Crippen LogP contribution in [0.4, 0.5) is 0 Å². The van der Waals surface area contributed by atoms with Gasteiger partial charge in [0.15, 0.2) is 5.16 Å². The van der Waals surface area contributed by atoms with Crippen molar-refractivity contribution in [1.82, 2.24) is 9.55 Å². The standard InChI is InChI=1S/C17H20N2OS/c1-12-6-5-7-14(13(12)2)19-11-10-18-17(19)21-16-9-4-3-8-15(16)20/h5-7,10-11,16H,3-4,8-9H2,1-2H3/t16-/m0/s1. The van der Waals surface area contributed by atoms with E-state index >= 15 is 0 Å². The minimum atomic E-state index is 0.0741. The van der Waals surface area contributed by atoms with Crippen LogP contribution in [0.2, 0.25) is 0 Å². The molecule has 1 heterocycles. The van der Waals surface area contributed by atoms with Crippen LogP contribution in [0.25, 0.3) is 5.69 Å². The second kappa shape index (κ2) is 6.06. The van der Waals surface area contributed by atoms with Crippen molar-refractivity contribution in [3.63, 3.8) is 0 Å². The van der Waals surface area contributed by atoms with Crippen LogP contribution in [0.5, 0.6) is 0 Å². The molecule has 0 unspecified atom stereocenters. The summed E-state index contributed by atoms with van der Waals surface area (Å²) in [5, 5.41) is 0.994. The highest BCUT2D eigenvalue weighted by molar-refractivity contribution is 8.00. The van der Waals surface area contributed by atoms with Crippen LogP contribution in [-0.4, -0.2) is 20.6 Å². The predicted molar refractivity (Wildman–Crippen MR) is 86.2 cm³/mol. The first-order valence-electron chi connectivity index (χ1n) is 7.46. The molecule has 0 spiro atoms. The predicted octanol–water partition coefficient (Wildman–Crippen LogP) is 4.09. The van der Waals surface area contributed by atoms with Crippen molar-refractivity contribution < 1.29 is 4.79 Å². The topological polar surface area (TPSA) is 34.9 Å². The molecule has 1 atom stereocenters. The lowest BCUT2D eigenvalue weighted by molar-refractivity contribution is -0.119. The molecule has 1 aromatic heterocycles. The van der Waals surface area contributed by atoms with Crippen LogP contribution in [0.15, 0.2) is 35.7 Å². The number of aromatic nitrogens is 2. The summed E-state index contributed by atoms with van der Waals surface area (Å²) in [5.41, 5.74) is 3.68. The first-order chi connectivity index (χ1) is 10.2. The van der Waals surface area contributed by atoms with Gasteiger partial charge in [0.05, 0.1) is 10.9 Å². The number of Topliss-reactive ketones (excluding diaryl/α,β-unsaturated/α-hetero) is 1. The molecular weight excluding hydrogens is 280 g/mol. The van der Waals surface area contributed by atoms with Gasteiger partial charge in [-0.05, 0) is 43.9 Å². The smallest absolute Gasteiger partial charge is 0.173 e. The molecule has 1 fully saturated rings. The molecule has 4 heteroatoms. The minimum Gasteiger partial charge on any atom is -0.298 e. The third-order valence-corrected chi connectivity index (χ3v) is 5.48. The number of rotatable bonds is 3. The van der Waals surface area contributed by atoms with Crippen molar-refractivity contribution in [2.45, 2.75) is 49.9 Å². The molecule has 0 aliphatic heterocycles. The maximum atomic E-state index is 12.0. The van der Waals surface area contributed by atoms with Crippen molar-refractivity contribution in [1.29, 1.82) is 0 Å². The van der Waals surface area contributed by atoms with E-state index in [1.165, 1.54) is 11.1 Å². The number of benzene rings is 1. The zero-order valence-corrected chi connectivity index (χ0v) is 13.3. The third-order valence-electron chi connectivity index (χ3n) is 4.19. The van der Waals surface area contributed by atoms with Gasteiger partial charge in [-0.3, -0.25) is 9.36 Å². The Balaban J connectivity index is 1.90. The Labute approximate surface area is 129 Å². The largest absolute Gasteiger partial charge is 0.298 e. The summed E-state index contributed by atoms with van der Waals surface area (Å²) in [4.78, 5) is 16.5. The second-order valence-electron chi connectivity index (χ2n) is 5.62. The summed E-state index contributed by atoms with van der Waals surface area (Å²) in [5.74, 6) is 0.377. The van der Waals surface area contributed by atoms with E-state index in [1.54, 1.807) is 11.8 Å². The average molecular weight is 300 g/mol. The van der Waals surface area contributed by atoms with Crippen molar-refractivity contribution in [2.75, 3.05) is 0 Å². The van der Waals surface area contributed by atoms with Crippen LogP contribution in [0.1, 0.15) is 36.8 Å². The number of carbonyl (C=O) groups is 1. The molecule has 0 N–H and O–H groups in total. The average Bonchev–Trinajstić information content (AvgIpc) is 2.92. The molecule has 21 heavy (non-hydrogen) atoms. The minimum absolute atomic E-state index is 0.0741. The maximum absolute atomic E-state index is 12.0. The lowest BCUT2D eigenvalue weighted by Crippen LogP contribution is -2.21. The van der Waals surface area contributed by atoms with E-state index in [2.05, 4.69) is 41.6 Å². The molecule has 3 nitrogen and oxygen atoms in total. The Hall–Kier alpha value is -1.55. The molecule has 1 saturated carbocycles. The van der Waals surface area contributed by atoms with Crippen LogP contribution >= 0.6 is 11.8 Å². The number of ketones is 1. The van der Waals surface area contributed by atoms with Gasteiger partial charge in [-0.25, -0.2) is 4.98 Å². The van der Waals surface area contributed by atoms with Gasteiger partial charge in [0.25, 0.3) is 0 Å². The van der Waals surface area contributed by atoms with Crippen LogP contribution in [-0.2, 0) is 4.79 Å². The number of carbonyl (C=O) groups excluding carboxylic acids is 1. The number of imidazole rings is 1. The van der Waals surface area contributed by atoms with Gasteiger partial charge >= 0.3 is 0 Å². The fourth-order valence-electron chi connectivity index (χ4n) is 2.76.